The van der Waals surface area contributed by atoms with E-state index < -0.39 is 34.6 Å². The number of nitrogens with zero attached hydrogens (tertiary/aromatic N) is 3. The average molecular weight is 369 g/mol. The largest absolute Gasteiger partial charge is 0.224 e. The predicted molar refractivity (Wildman–Crippen MR) is 89.2 cm³/mol. The molecule has 134 valence electrons. The molecule has 0 spiro atoms. The van der Waals surface area contributed by atoms with E-state index in [2.05, 4.69) is 11.4 Å². The Morgan fingerprint density at radius 1 is 0.704 bits per heavy atom. The maximum absolute atomic E-state index is 14.3. The summed E-state index contributed by atoms with van der Waals surface area (Å²) in [4.78, 5) is 0. The average Bonchev–Trinajstić information content (AvgIpc) is 3.07. The molecule has 27 heavy (non-hydrogen) atoms. The summed E-state index contributed by atoms with van der Waals surface area (Å²) in [6.45, 7) is 0. The van der Waals surface area contributed by atoms with Crippen LogP contribution in [0.15, 0.2) is 66.7 Å². The Morgan fingerprint density at radius 3 is 1.85 bits per heavy atom. The molecule has 0 atom stereocenters. The van der Waals surface area contributed by atoms with E-state index in [1.807, 2.05) is 0 Å². The quantitative estimate of drug-likeness (QED) is 0.302. The highest BCUT2D eigenvalue weighted by atomic mass is 19.1. The number of rotatable bonds is 3. The van der Waals surface area contributed by atoms with Crippen molar-refractivity contribution in [3.8, 4) is 22.6 Å². The van der Waals surface area contributed by atoms with E-state index in [-0.39, 0.29) is 5.69 Å². The molecule has 1 aromatic heterocycles. The second-order valence-electron chi connectivity index (χ2n) is 5.68. The molecule has 4 aromatic rings. The Balaban J connectivity index is 2.02. The van der Waals surface area contributed by atoms with Crippen molar-refractivity contribution in [3.63, 3.8) is 0 Å². The van der Waals surface area contributed by atoms with E-state index in [0.717, 1.165) is 33.6 Å². The molecule has 1 heterocycles. The first kappa shape index (κ1) is 17.0. The fraction of sp³-hybridized carbons (Fsp3) is 0. The predicted octanol–water partition coefficient (Wildman–Crippen LogP) is 4.17. The molecular formula is C20H11F4N3. The molecule has 0 aliphatic rings. The van der Waals surface area contributed by atoms with Crippen molar-refractivity contribution in [2.45, 2.75) is 0 Å². The van der Waals surface area contributed by atoms with Crippen molar-refractivity contribution in [1.82, 2.24) is 9.90 Å². The van der Waals surface area contributed by atoms with Crippen LogP contribution in [0.4, 0.5) is 17.6 Å². The highest BCUT2D eigenvalue weighted by Gasteiger charge is 2.24. The molecule has 0 aliphatic heterocycles. The molecule has 0 saturated heterocycles. The summed E-state index contributed by atoms with van der Waals surface area (Å²) in [5.74, 6) is -3.50. The van der Waals surface area contributed by atoms with Gasteiger partial charge in [0.2, 0.25) is 5.69 Å². The molecule has 0 amide bonds. The third-order valence-electron chi connectivity index (χ3n) is 3.95. The van der Waals surface area contributed by atoms with Gasteiger partial charge in [-0.3, -0.25) is 0 Å². The van der Waals surface area contributed by atoms with Gasteiger partial charge in [-0.25, -0.2) is 22.2 Å². The van der Waals surface area contributed by atoms with E-state index in [9.17, 15) is 17.6 Å². The second-order valence-corrected chi connectivity index (χ2v) is 5.68. The fourth-order valence-electron chi connectivity index (χ4n) is 2.73. The third-order valence-corrected chi connectivity index (χ3v) is 3.95. The minimum Gasteiger partial charge on any atom is -0.217 e. The first-order valence-corrected chi connectivity index (χ1v) is 7.95. The van der Waals surface area contributed by atoms with E-state index in [0.29, 0.717) is 5.56 Å². The van der Waals surface area contributed by atoms with Gasteiger partial charge in [-0.1, -0.05) is 35.9 Å². The van der Waals surface area contributed by atoms with Gasteiger partial charge in [-0.2, -0.15) is 0 Å². The lowest BCUT2D eigenvalue weighted by atomic mass is 10.1. The minimum atomic E-state index is -0.880. The molecule has 0 unspecified atom stereocenters. The number of para-hydroxylation sites is 2. The van der Waals surface area contributed by atoms with Crippen LogP contribution in [0, 0.1) is 29.5 Å². The van der Waals surface area contributed by atoms with Crippen LogP contribution in [0.1, 0.15) is 0 Å². The van der Waals surface area contributed by atoms with Gasteiger partial charge in [0.1, 0.15) is 17.3 Å². The summed E-state index contributed by atoms with van der Waals surface area (Å²) in [6.07, 6.45) is 2.70. The van der Waals surface area contributed by atoms with Crippen molar-refractivity contribution in [1.29, 1.82) is 0 Å². The summed E-state index contributed by atoms with van der Waals surface area (Å²) in [5.41, 5.74) is -0.307. The minimum absolute atomic E-state index is 0.141. The van der Waals surface area contributed by atoms with Gasteiger partial charge in [-0.05, 0) is 24.3 Å². The summed E-state index contributed by atoms with van der Waals surface area (Å²) < 4.78 is 58.7. The molecule has 3 nitrogen and oxygen atoms in total. The lowest BCUT2D eigenvalue weighted by Crippen LogP contribution is -2.36. The lowest BCUT2D eigenvalue weighted by Gasteiger charge is -2.05. The SMILES string of the molecule is Fc1cccc(F)c1-n1n[n+](-c2c(F)cccc2F)[c-]c1-c1ccccc1. The van der Waals surface area contributed by atoms with Crippen LogP contribution in [-0.4, -0.2) is 9.90 Å². The monoisotopic (exact) mass is 369 g/mol. The summed E-state index contributed by atoms with van der Waals surface area (Å²) in [6, 6.07) is 15.2. The van der Waals surface area contributed by atoms with Gasteiger partial charge in [0.15, 0.2) is 11.6 Å². The number of benzene rings is 3. The molecule has 0 radical (unpaired) electrons. The van der Waals surface area contributed by atoms with E-state index in [1.54, 1.807) is 30.3 Å². The van der Waals surface area contributed by atoms with Crippen LogP contribution in [0.5, 0.6) is 0 Å². The highest BCUT2D eigenvalue weighted by Crippen LogP contribution is 2.25. The maximum Gasteiger partial charge on any atom is 0.224 e. The lowest BCUT2D eigenvalue weighted by molar-refractivity contribution is -0.668. The molecule has 0 bridgehead atoms. The van der Waals surface area contributed by atoms with Crippen molar-refractivity contribution in [3.05, 3.63) is 96.2 Å². The Morgan fingerprint density at radius 2 is 1.26 bits per heavy atom. The molecule has 3 aromatic carbocycles. The van der Waals surface area contributed by atoms with Crippen LogP contribution in [0.2, 0.25) is 0 Å². The number of hydrogen-bond acceptors (Lipinski definition) is 1. The van der Waals surface area contributed by atoms with Crippen LogP contribution < -0.4 is 4.68 Å². The van der Waals surface area contributed by atoms with Gasteiger partial charge in [0.05, 0.1) is 17.1 Å². The van der Waals surface area contributed by atoms with E-state index >= 15 is 0 Å². The molecule has 0 aliphatic carbocycles. The summed E-state index contributed by atoms with van der Waals surface area (Å²) in [5, 5.41) is 3.99. The van der Waals surface area contributed by atoms with E-state index in [1.165, 1.54) is 12.1 Å². The Kier molecular flexibility index (Phi) is 4.19. The standard InChI is InChI=1S/C20H11F4N3/c21-14-8-4-9-15(22)19(14)26-12-18(13-6-2-1-3-7-13)27(25-26)20-16(23)10-5-11-17(20)24/h1-11H. The van der Waals surface area contributed by atoms with Gasteiger partial charge >= 0.3 is 0 Å². The van der Waals surface area contributed by atoms with Crippen molar-refractivity contribution in [2.24, 2.45) is 0 Å². The summed E-state index contributed by atoms with van der Waals surface area (Å²) in [7, 11) is 0. The van der Waals surface area contributed by atoms with Gasteiger partial charge in [-0.15, -0.1) is 16.8 Å². The van der Waals surface area contributed by atoms with Crippen LogP contribution in [-0.2, 0) is 0 Å². The molecular weight excluding hydrogens is 358 g/mol. The van der Waals surface area contributed by atoms with Crippen molar-refractivity contribution in [2.75, 3.05) is 0 Å². The van der Waals surface area contributed by atoms with Gasteiger partial charge < -0.3 is 0 Å². The first-order valence-electron chi connectivity index (χ1n) is 7.95. The molecule has 0 fully saturated rings. The maximum atomic E-state index is 14.3. The van der Waals surface area contributed by atoms with Crippen molar-refractivity contribution < 1.29 is 22.2 Å². The smallest absolute Gasteiger partial charge is 0.217 e. The van der Waals surface area contributed by atoms with E-state index in [4.69, 9.17) is 0 Å². The Bertz CT molecular complexity index is 1080. The fourth-order valence-corrected chi connectivity index (χ4v) is 2.73. The molecule has 4 rings (SSSR count). The second kappa shape index (κ2) is 6.68. The topological polar surface area (TPSA) is 21.7 Å². The normalized spacial score (nSPS) is 11.0. The highest BCUT2D eigenvalue weighted by molar-refractivity contribution is 5.60. The van der Waals surface area contributed by atoms with Crippen LogP contribution in [0.3, 0.4) is 0 Å². The number of halogens is 4. The van der Waals surface area contributed by atoms with Crippen LogP contribution in [0.25, 0.3) is 22.6 Å². The number of hydrogen-bond donors (Lipinski definition) is 0. The molecule has 0 saturated carbocycles. The van der Waals surface area contributed by atoms with Crippen LogP contribution >= 0.6 is 0 Å². The van der Waals surface area contributed by atoms with Gasteiger partial charge in [0.25, 0.3) is 0 Å². The third kappa shape index (κ3) is 2.97. The zero-order valence-corrected chi connectivity index (χ0v) is 13.7. The molecule has 7 heteroatoms. The zero-order chi connectivity index (χ0) is 19.0. The number of aromatic nitrogens is 3. The first-order chi connectivity index (χ1) is 13.1. The molecule has 0 N–H and O–H groups in total. The summed E-state index contributed by atoms with van der Waals surface area (Å²) >= 11 is 0. The van der Waals surface area contributed by atoms with Crippen molar-refractivity contribution >= 4 is 0 Å². The Labute approximate surface area is 151 Å². The Hall–Kier alpha value is -3.48. The zero-order valence-electron chi connectivity index (χ0n) is 13.7. The van der Waals surface area contributed by atoms with Gasteiger partial charge in [0, 0.05) is 0 Å².